The number of hydrogen-bond acceptors (Lipinski definition) is 4. The largest absolute Gasteiger partial charge is 0.475 e. The average Bonchev–Trinajstić information content (AvgIpc) is 2.81. The number of carboxylic acids is 1. The Balaban J connectivity index is 2.27. The zero-order chi connectivity index (χ0) is 14.3. The van der Waals surface area contributed by atoms with Gasteiger partial charge in [0.05, 0.1) is 5.69 Å². The number of benzene rings is 1. The quantitative estimate of drug-likeness (QED) is 0.769. The lowest BCUT2D eigenvalue weighted by atomic mass is 10.1. The van der Waals surface area contributed by atoms with Crippen molar-refractivity contribution in [3.8, 4) is 11.3 Å². The highest BCUT2D eigenvalue weighted by Gasteiger charge is 2.14. The van der Waals surface area contributed by atoms with Gasteiger partial charge in [0, 0.05) is 11.8 Å². The molecule has 3 aromatic rings. The first-order valence-electron chi connectivity index (χ1n) is 6.08. The summed E-state index contributed by atoms with van der Waals surface area (Å²) in [5, 5.41) is 13.0. The van der Waals surface area contributed by atoms with Gasteiger partial charge in [-0.25, -0.2) is 9.78 Å². The predicted molar refractivity (Wildman–Crippen MR) is 72.7 cm³/mol. The van der Waals surface area contributed by atoms with Crippen LogP contribution in [0.1, 0.15) is 21.7 Å². The van der Waals surface area contributed by atoms with Crippen LogP contribution in [0.5, 0.6) is 0 Å². The van der Waals surface area contributed by atoms with E-state index in [0.29, 0.717) is 0 Å². The first-order valence-corrected chi connectivity index (χ1v) is 6.08. The van der Waals surface area contributed by atoms with Crippen LogP contribution in [0, 0.1) is 13.8 Å². The molecule has 0 spiro atoms. The van der Waals surface area contributed by atoms with Crippen LogP contribution in [-0.2, 0) is 0 Å². The molecule has 0 fully saturated rings. The lowest BCUT2D eigenvalue weighted by molar-refractivity contribution is 0.0684. The zero-order valence-corrected chi connectivity index (χ0v) is 11.0. The van der Waals surface area contributed by atoms with Crippen molar-refractivity contribution in [1.82, 2.24) is 19.6 Å². The Morgan fingerprint density at radius 2 is 1.90 bits per heavy atom. The molecule has 6 nitrogen and oxygen atoms in total. The fourth-order valence-corrected chi connectivity index (χ4v) is 2.23. The van der Waals surface area contributed by atoms with Crippen molar-refractivity contribution in [2.24, 2.45) is 0 Å². The molecule has 6 heteroatoms. The summed E-state index contributed by atoms with van der Waals surface area (Å²) in [4.78, 5) is 18.9. The van der Waals surface area contributed by atoms with Gasteiger partial charge in [0.15, 0.2) is 0 Å². The van der Waals surface area contributed by atoms with Crippen molar-refractivity contribution in [2.45, 2.75) is 13.8 Å². The smallest absolute Gasteiger partial charge is 0.375 e. The molecule has 3 rings (SSSR count). The Labute approximate surface area is 114 Å². The SMILES string of the molecule is Cc1cc(C)cc(-c2ccnc3nc(C(=O)O)nn23)c1. The normalized spacial score (nSPS) is 10.9. The molecule has 1 N–H and O–H groups in total. The third kappa shape index (κ3) is 2.01. The topological polar surface area (TPSA) is 80.4 Å². The maximum atomic E-state index is 11.0. The van der Waals surface area contributed by atoms with E-state index >= 15 is 0 Å². The molecule has 0 bridgehead atoms. The number of fused-ring (bicyclic) bond motifs is 1. The third-order valence-corrected chi connectivity index (χ3v) is 2.95. The number of aryl methyl sites for hydroxylation is 2. The number of rotatable bonds is 2. The molecule has 0 unspecified atom stereocenters. The number of nitrogens with zero attached hydrogens (tertiary/aromatic N) is 4. The standard InChI is InChI=1S/C14H12N4O2/c1-8-5-9(2)7-10(6-8)11-3-4-15-14-16-12(13(19)20)17-18(11)14/h3-7H,1-2H3,(H,19,20). The minimum atomic E-state index is -1.16. The molecule has 1 aromatic carbocycles. The van der Waals surface area contributed by atoms with Crippen molar-refractivity contribution in [3.63, 3.8) is 0 Å². The van der Waals surface area contributed by atoms with E-state index in [2.05, 4.69) is 21.1 Å². The molecule has 2 aromatic heterocycles. The van der Waals surface area contributed by atoms with Gasteiger partial charge in [0.2, 0.25) is 0 Å². The summed E-state index contributed by atoms with van der Waals surface area (Å²) in [6, 6.07) is 7.90. The van der Waals surface area contributed by atoms with E-state index in [1.165, 1.54) is 4.52 Å². The number of aromatic carboxylic acids is 1. The minimum absolute atomic E-state index is 0.255. The Morgan fingerprint density at radius 3 is 2.55 bits per heavy atom. The zero-order valence-electron chi connectivity index (χ0n) is 11.0. The van der Waals surface area contributed by atoms with E-state index in [9.17, 15) is 4.79 Å². The molecule has 0 radical (unpaired) electrons. The van der Waals surface area contributed by atoms with Gasteiger partial charge in [-0.15, -0.1) is 5.10 Å². The van der Waals surface area contributed by atoms with E-state index in [1.807, 2.05) is 26.0 Å². The monoisotopic (exact) mass is 268 g/mol. The lowest BCUT2D eigenvalue weighted by Crippen LogP contribution is -2.00. The Morgan fingerprint density at radius 1 is 1.20 bits per heavy atom. The molecule has 0 aliphatic heterocycles. The number of carbonyl (C=O) groups is 1. The predicted octanol–water partition coefficient (Wildman–Crippen LogP) is 2.11. The van der Waals surface area contributed by atoms with Crippen LogP contribution in [-0.4, -0.2) is 30.7 Å². The highest BCUT2D eigenvalue weighted by Crippen LogP contribution is 2.22. The van der Waals surface area contributed by atoms with Crippen LogP contribution in [0.25, 0.3) is 17.0 Å². The molecule has 0 atom stereocenters. The molecule has 0 aliphatic carbocycles. The summed E-state index contributed by atoms with van der Waals surface area (Å²) < 4.78 is 1.46. The molecule has 0 saturated heterocycles. The summed E-state index contributed by atoms with van der Waals surface area (Å²) in [6.07, 6.45) is 1.60. The summed E-state index contributed by atoms with van der Waals surface area (Å²) in [5.41, 5.74) is 3.98. The van der Waals surface area contributed by atoms with E-state index < -0.39 is 5.97 Å². The Bertz CT molecular complexity index is 803. The molecule has 0 amide bonds. The molecule has 20 heavy (non-hydrogen) atoms. The number of hydrogen-bond donors (Lipinski definition) is 1. The first kappa shape index (κ1) is 12.3. The lowest BCUT2D eigenvalue weighted by Gasteiger charge is -2.06. The van der Waals surface area contributed by atoms with Crippen molar-refractivity contribution < 1.29 is 9.90 Å². The Hall–Kier alpha value is -2.76. The number of carboxylic acid groups (broad SMARTS) is 1. The van der Waals surface area contributed by atoms with Crippen LogP contribution < -0.4 is 0 Å². The second kappa shape index (κ2) is 4.41. The van der Waals surface area contributed by atoms with Gasteiger partial charge in [-0.3, -0.25) is 0 Å². The molecule has 2 heterocycles. The third-order valence-electron chi connectivity index (χ3n) is 2.95. The van der Waals surface area contributed by atoms with Crippen molar-refractivity contribution in [3.05, 3.63) is 47.4 Å². The van der Waals surface area contributed by atoms with Crippen LogP contribution in [0.15, 0.2) is 30.5 Å². The van der Waals surface area contributed by atoms with Gasteiger partial charge in [0.1, 0.15) is 0 Å². The summed E-state index contributed by atoms with van der Waals surface area (Å²) in [7, 11) is 0. The van der Waals surface area contributed by atoms with Crippen LogP contribution >= 0.6 is 0 Å². The van der Waals surface area contributed by atoms with Gasteiger partial charge in [-0.2, -0.15) is 9.50 Å². The van der Waals surface area contributed by atoms with Gasteiger partial charge < -0.3 is 5.11 Å². The van der Waals surface area contributed by atoms with E-state index in [1.54, 1.807) is 12.3 Å². The van der Waals surface area contributed by atoms with Crippen molar-refractivity contribution >= 4 is 11.7 Å². The maximum Gasteiger partial charge on any atom is 0.375 e. The fourth-order valence-electron chi connectivity index (χ4n) is 2.23. The average molecular weight is 268 g/mol. The van der Waals surface area contributed by atoms with Gasteiger partial charge >= 0.3 is 5.97 Å². The molecule has 100 valence electrons. The highest BCUT2D eigenvalue weighted by molar-refractivity contribution is 5.83. The summed E-state index contributed by atoms with van der Waals surface area (Å²) >= 11 is 0. The van der Waals surface area contributed by atoms with Crippen molar-refractivity contribution in [2.75, 3.05) is 0 Å². The van der Waals surface area contributed by atoms with Gasteiger partial charge in [-0.05, 0) is 32.0 Å². The fraction of sp³-hybridized carbons (Fsp3) is 0.143. The van der Waals surface area contributed by atoms with Crippen LogP contribution in [0.4, 0.5) is 0 Å². The van der Waals surface area contributed by atoms with E-state index in [-0.39, 0.29) is 11.6 Å². The van der Waals surface area contributed by atoms with Gasteiger partial charge in [0.25, 0.3) is 11.6 Å². The Kier molecular flexibility index (Phi) is 2.71. The maximum absolute atomic E-state index is 11.0. The van der Waals surface area contributed by atoms with Crippen molar-refractivity contribution in [1.29, 1.82) is 0 Å². The molecular weight excluding hydrogens is 256 g/mol. The van der Waals surface area contributed by atoms with Crippen LogP contribution in [0.3, 0.4) is 0 Å². The molecular formula is C14H12N4O2. The van der Waals surface area contributed by atoms with E-state index in [0.717, 1.165) is 22.4 Å². The van der Waals surface area contributed by atoms with Crippen LogP contribution in [0.2, 0.25) is 0 Å². The summed E-state index contributed by atoms with van der Waals surface area (Å²) in [6.45, 7) is 4.03. The van der Waals surface area contributed by atoms with E-state index in [4.69, 9.17) is 5.11 Å². The minimum Gasteiger partial charge on any atom is -0.475 e. The second-order valence-electron chi connectivity index (χ2n) is 4.66. The molecule has 0 saturated carbocycles. The molecule has 0 aliphatic rings. The van der Waals surface area contributed by atoms with Gasteiger partial charge in [-0.1, -0.05) is 17.2 Å². The summed E-state index contributed by atoms with van der Waals surface area (Å²) in [5.74, 6) is -1.14. The second-order valence-corrected chi connectivity index (χ2v) is 4.66. The number of aromatic nitrogens is 4. The first-order chi connectivity index (χ1) is 9.54. The highest BCUT2D eigenvalue weighted by atomic mass is 16.4.